The predicted molar refractivity (Wildman–Crippen MR) is 92.0 cm³/mol. The average molecular weight is 306 g/mol. The molecule has 0 N–H and O–H groups in total. The molecule has 0 heterocycles. The van der Waals surface area contributed by atoms with Crippen molar-refractivity contribution in [1.82, 2.24) is 0 Å². The van der Waals surface area contributed by atoms with Crippen LogP contribution in [0.25, 0.3) is 5.57 Å². The first-order valence-corrected chi connectivity index (χ1v) is 7.89. The van der Waals surface area contributed by atoms with Crippen LogP contribution in [0.15, 0.2) is 60.7 Å². The van der Waals surface area contributed by atoms with E-state index in [1.54, 1.807) is 6.07 Å². The second kappa shape index (κ2) is 6.74. The molecule has 2 aromatic rings. The van der Waals surface area contributed by atoms with Gasteiger partial charge in [-0.2, -0.15) is 0 Å². The third kappa shape index (κ3) is 3.48. The molecule has 1 aliphatic rings. The van der Waals surface area contributed by atoms with Crippen LogP contribution < -0.4 is 0 Å². The molecule has 0 aromatic heterocycles. The number of benzene rings is 2. The Morgan fingerprint density at radius 1 is 1.17 bits per heavy atom. The number of hydrogen-bond donors (Lipinski definition) is 0. The molecule has 0 atom stereocenters. The zero-order valence-electron chi connectivity index (χ0n) is 13.2. The van der Waals surface area contributed by atoms with Crippen LogP contribution in [0, 0.1) is 12.7 Å². The van der Waals surface area contributed by atoms with E-state index in [1.807, 2.05) is 55.5 Å². The van der Waals surface area contributed by atoms with Gasteiger partial charge in [0.05, 0.1) is 0 Å². The lowest BCUT2D eigenvalue weighted by Crippen LogP contribution is -2.05. The molecule has 0 fully saturated rings. The van der Waals surface area contributed by atoms with Gasteiger partial charge >= 0.3 is 0 Å². The van der Waals surface area contributed by atoms with E-state index in [0.29, 0.717) is 24.0 Å². The maximum absolute atomic E-state index is 14.4. The quantitative estimate of drug-likeness (QED) is 0.686. The number of hydrogen-bond acceptors (Lipinski definition) is 1. The van der Waals surface area contributed by atoms with Gasteiger partial charge in [0.15, 0.2) is 5.78 Å². The van der Waals surface area contributed by atoms with Crippen molar-refractivity contribution in [2.75, 3.05) is 0 Å². The number of carbonyl (C=O) groups is 1. The van der Waals surface area contributed by atoms with Crippen molar-refractivity contribution < 1.29 is 9.18 Å². The number of aryl methyl sites for hydroxylation is 2. The second-order valence-corrected chi connectivity index (χ2v) is 5.85. The fraction of sp³-hybridized carbons (Fsp3) is 0.190. The fourth-order valence-corrected chi connectivity index (χ4v) is 2.90. The van der Waals surface area contributed by atoms with Crippen LogP contribution in [0.1, 0.15) is 39.9 Å². The Morgan fingerprint density at radius 3 is 2.65 bits per heavy atom. The molecule has 0 aliphatic heterocycles. The molecule has 2 aromatic carbocycles. The largest absolute Gasteiger partial charge is 0.294 e. The molecule has 116 valence electrons. The Bertz CT molecular complexity index is 785. The summed E-state index contributed by atoms with van der Waals surface area (Å²) in [7, 11) is 0. The molecule has 0 unspecified atom stereocenters. The summed E-state index contributed by atoms with van der Waals surface area (Å²) in [5.41, 5.74) is 3.92. The highest BCUT2D eigenvalue weighted by atomic mass is 19.1. The van der Waals surface area contributed by atoms with E-state index in [0.717, 1.165) is 23.1 Å². The molecule has 2 heteroatoms. The predicted octanol–water partition coefficient (Wildman–Crippen LogP) is 5.29. The van der Waals surface area contributed by atoms with Gasteiger partial charge in [0.25, 0.3) is 0 Å². The Labute approximate surface area is 136 Å². The second-order valence-electron chi connectivity index (χ2n) is 5.85. The Balaban J connectivity index is 1.78. The lowest BCUT2D eigenvalue weighted by Gasteiger charge is -2.10. The van der Waals surface area contributed by atoms with Crippen molar-refractivity contribution in [2.24, 2.45) is 0 Å². The van der Waals surface area contributed by atoms with Gasteiger partial charge in [0, 0.05) is 17.5 Å². The number of halogens is 1. The summed E-state index contributed by atoms with van der Waals surface area (Å²) in [5.74, 6) is -0.329. The van der Waals surface area contributed by atoms with Crippen molar-refractivity contribution in [3.63, 3.8) is 0 Å². The highest BCUT2D eigenvalue weighted by Gasteiger charge is 2.15. The van der Waals surface area contributed by atoms with Gasteiger partial charge in [-0.05, 0) is 48.6 Å². The van der Waals surface area contributed by atoms with Crippen LogP contribution in [0.4, 0.5) is 4.39 Å². The number of carbonyl (C=O) groups excluding carboxylic acids is 1. The minimum Gasteiger partial charge on any atom is -0.294 e. The van der Waals surface area contributed by atoms with Crippen LogP contribution in [-0.2, 0) is 6.42 Å². The zero-order valence-corrected chi connectivity index (χ0v) is 13.2. The van der Waals surface area contributed by atoms with Crippen molar-refractivity contribution in [3.8, 4) is 0 Å². The summed E-state index contributed by atoms with van der Waals surface area (Å²) >= 11 is 0. The van der Waals surface area contributed by atoms with E-state index < -0.39 is 0 Å². The van der Waals surface area contributed by atoms with E-state index in [9.17, 15) is 9.18 Å². The molecule has 0 saturated heterocycles. The number of allylic oxidation sites excluding steroid dienone is 4. The first kappa shape index (κ1) is 15.4. The standard InChI is InChI=1S/C21H19FO/c1-15-13-19(17-9-5-6-10-17)20(22)14-18(15)21(23)12-11-16-7-3-2-4-8-16/h2-5,7-10,13-14H,6,11-12H2,1H3. The highest BCUT2D eigenvalue weighted by Crippen LogP contribution is 2.27. The lowest BCUT2D eigenvalue weighted by atomic mass is 9.95. The maximum Gasteiger partial charge on any atom is 0.163 e. The molecule has 0 spiro atoms. The molecule has 0 bridgehead atoms. The van der Waals surface area contributed by atoms with E-state index in [-0.39, 0.29) is 11.6 Å². The van der Waals surface area contributed by atoms with Gasteiger partial charge in [-0.1, -0.05) is 48.6 Å². The van der Waals surface area contributed by atoms with Crippen LogP contribution in [0.5, 0.6) is 0 Å². The van der Waals surface area contributed by atoms with Gasteiger partial charge in [-0.3, -0.25) is 4.79 Å². The topological polar surface area (TPSA) is 17.1 Å². The zero-order chi connectivity index (χ0) is 16.2. The number of ketones is 1. The van der Waals surface area contributed by atoms with Crippen LogP contribution in [0.3, 0.4) is 0 Å². The van der Waals surface area contributed by atoms with Crippen molar-refractivity contribution >= 4 is 11.4 Å². The molecular weight excluding hydrogens is 287 g/mol. The van der Waals surface area contributed by atoms with Crippen LogP contribution >= 0.6 is 0 Å². The summed E-state index contributed by atoms with van der Waals surface area (Å²) < 4.78 is 14.4. The van der Waals surface area contributed by atoms with Crippen LogP contribution in [0.2, 0.25) is 0 Å². The van der Waals surface area contributed by atoms with E-state index in [1.165, 1.54) is 6.07 Å². The number of Topliss-reactive ketones (excluding diaryl/α,β-unsaturated/α-hetero) is 1. The molecule has 3 rings (SSSR count). The van der Waals surface area contributed by atoms with E-state index >= 15 is 0 Å². The molecule has 0 saturated carbocycles. The van der Waals surface area contributed by atoms with Crippen molar-refractivity contribution in [1.29, 1.82) is 0 Å². The minimum atomic E-state index is -0.323. The molecular formula is C21H19FO. The molecule has 23 heavy (non-hydrogen) atoms. The summed E-state index contributed by atoms with van der Waals surface area (Å²) in [6.45, 7) is 1.87. The highest BCUT2D eigenvalue weighted by molar-refractivity contribution is 5.98. The van der Waals surface area contributed by atoms with Gasteiger partial charge < -0.3 is 0 Å². The van der Waals surface area contributed by atoms with Gasteiger partial charge in [0.2, 0.25) is 0 Å². The Morgan fingerprint density at radius 2 is 1.96 bits per heavy atom. The van der Waals surface area contributed by atoms with E-state index in [2.05, 4.69) is 0 Å². The fourth-order valence-electron chi connectivity index (χ4n) is 2.90. The monoisotopic (exact) mass is 306 g/mol. The maximum atomic E-state index is 14.4. The lowest BCUT2D eigenvalue weighted by molar-refractivity contribution is 0.0982. The average Bonchev–Trinajstić information content (AvgIpc) is 3.09. The van der Waals surface area contributed by atoms with Gasteiger partial charge in [-0.15, -0.1) is 0 Å². The first-order chi connectivity index (χ1) is 11.1. The summed E-state index contributed by atoms with van der Waals surface area (Å²) in [6.07, 6.45) is 7.83. The number of rotatable bonds is 5. The molecule has 0 radical (unpaired) electrons. The summed E-state index contributed by atoms with van der Waals surface area (Å²) in [4.78, 5) is 12.4. The molecule has 1 nitrogen and oxygen atoms in total. The van der Waals surface area contributed by atoms with Crippen molar-refractivity contribution in [3.05, 3.63) is 88.8 Å². The molecule has 0 amide bonds. The minimum absolute atomic E-state index is 0.00672. The first-order valence-electron chi connectivity index (χ1n) is 7.89. The normalized spacial score (nSPS) is 13.2. The third-order valence-electron chi connectivity index (χ3n) is 4.18. The SMILES string of the molecule is Cc1cc(C2=CCC=C2)c(F)cc1C(=O)CCc1ccccc1. The Hall–Kier alpha value is -2.48. The van der Waals surface area contributed by atoms with Gasteiger partial charge in [-0.25, -0.2) is 4.39 Å². The van der Waals surface area contributed by atoms with E-state index in [4.69, 9.17) is 0 Å². The van der Waals surface area contributed by atoms with Gasteiger partial charge in [0.1, 0.15) is 5.82 Å². The summed E-state index contributed by atoms with van der Waals surface area (Å²) in [6, 6.07) is 13.1. The third-order valence-corrected chi connectivity index (χ3v) is 4.18. The van der Waals surface area contributed by atoms with Crippen LogP contribution in [-0.4, -0.2) is 5.78 Å². The summed E-state index contributed by atoms with van der Waals surface area (Å²) in [5, 5.41) is 0. The Kier molecular flexibility index (Phi) is 4.52. The molecule has 1 aliphatic carbocycles. The smallest absolute Gasteiger partial charge is 0.163 e. The van der Waals surface area contributed by atoms with Crippen molar-refractivity contribution in [2.45, 2.75) is 26.2 Å².